The molecule has 0 spiro atoms. The van der Waals surface area contributed by atoms with Gasteiger partial charge >= 0.3 is 6.09 Å². The number of rotatable bonds is 7. The first-order valence-corrected chi connectivity index (χ1v) is 9.66. The predicted molar refractivity (Wildman–Crippen MR) is 107 cm³/mol. The van der Waals surface area contributed by atoms with E-state index in [0.29, 0.717) is 32.7 Å². The lowest BCUT2D eigenvalue weighted by Crippen LogP contribution is -2.51. The van der Waals surface area contributed by atoms with Gasteiger partial charge in [-0.2, -0.15) is 0 Å². The van der Waals surface area contributed by atoms with Gasteiger partial charge in [0.15, 0.2) is 0 Å². The van der Waals surface area contributed by atoms with Crippen LogP contribution in [0.1, 0.15) is 11.1 Å². The van der Waals surface area contributed by atoms with E-state index in [4.69, 9.17) is 9.47 Å². The highest BCUT2D eigenvalue weighted by molar-refractivity contribution is 5.67. The van der Waals surface area contributed by atoms with Crippen molar-refractivity contribution >= 4 is 6.09 Å². The molecule has 1 fully saturated rings. The maximum absolute atomic E-state index is 12.2. The number of carbonyl (C=O) groups is 1. The van der Waals surface area contributed by atoms with Crippen molar-refractivity contribution in [3.05, 3.63) is 65.7 Å². The molecule has 1 aliphatic heterocycles. The summed E-state index contributed by atoms with van der Waals surface area (Å²) in [4.78, 5) is 16.1. The molecule has 0 bridgehead atoms. The second-order valence-electron chi connectivity index (χ2n) is 7.06. The Balaban J connectivity index is 1.35. The Bertz CT molecular complexity index is 745. The lowest BCUT2D eigenvalue weighted by Gasteiger charge is -2.35. The fourth-order valence-corrected chi connectivity index (χ4v) is 3.18. The van der Waals surface area contributed by atoms with Gasteiger partial charge in [-0.3, -0.25) is 4.90 Å². The van der Waals surface area contributed by atoms with E-state index in [2.05, 4.69) is 4.90 Å². The zero-order chi connectivity index (χ0) is 19.8. The standard InChI is InChI=1S/C22H28N2O4/c1-18-7-5-6-10-21(18)27-17-20(25)15-23-11-13-24(14-12-23)22(26)28-16-19-8-3-2-4-9-19/h2-10,20,25H,11-17H2,1H3. The SMILES string of the molecule is Cc1ccccc1OCC(O)CN1CCN(C(=O)OCc2ccccc2)CC1. The number of aliphatic hydroxyl groups excluding tert-OH is 1. The molecule has 1 unspecified atom stereocenters. The molecular weight excluding hydrogens is 356 g/mol. The number of β-amino-alcohol motifs (C(OH)–C–C–N with tert-alkyl or cyclic N) is 1. The van der Waals surface area contributed by atoms with E-state index in [-0.39, 0.29) is 19.3 Å². The summed E-state index contributed by atoms with van der Waals surface area (Å²) in [6.45, 7) is 5.66. The van der Waals surface area contributed by atoms with Crippen molar-refractivity contribution in [1.82, 2.24) is 9.80 Å². The van der Waals surface area contributed by atoms with Crippen LogP contribution in [0, 0.1) is 6.92 Å². The molecule has 3 rings (SSSR count). The predicted octanol–water partition coefficient (Wildman–Crippen LogP) is 2.69. The van der Waals surface area contributed by atoms with Gasteiger partial charge in [-0.1, -0.05) is 48.5 Å². The minimum Gasteiger partial charge on any atom is -0.491 e. The fourth-order valence-electron chi connectivity index (χ4n) is 3.18. The van der Waals surface area contributed by atoms with Crippen LogP contribution in [0.25, 0.3) is 0 Å². The first-order valence-electron chi connectivity index (χ1n) is 9.66. The van der Waals surface area contributed by atoms with Crippen LogP contribution in [0.4, 0.5) is 4.79 Å². The molecule has 0 aromatic heterocycles. The van der Waals surface area contributed by atoms with Crippen molar-refractivity contribution in [2.24, 2.45) is 0 Å². The third kappa shape index (κ3) is 5.97. The first-order chi connectivity index (χ1) is 13.6. The molecule has 2 aromatic carbocycles. The number of piperazine rings is 1. The zero-order valence-electron chi connectivity index (χ0n) is 16.3. The summed E-state index contributed by atoms with van der Waals surface area (Å²) in [5.74, 6) is 0.799. The Hall–Kier alpha value is -2.57. The van der Waals surface area contributed by atoms with E-state index in [1.165, 1.54) is 0 Å². The molecule has 0 saturated carbocycles. The highest BCUT2D eigenvalue weighted by atomic mass is 16.6. The monoisotopic (exact) mass is 384 g/mol. The minimum atomic E-state index is -0.573. The summed E-state index contributed by atoms with van der Waals surface area (Å²) < 4.78 is 11.1. The van der Waals surface area contributed by atoms with Gasteiger partial charge in [-0.05, 0) is 24.1 Å². The van der Waals surface area contributed by atoms with Gasteiger partial charge in [0, 0.05) is 32.7 Å². The third-order valence-corrected chi connectivity index (χ3v) is 4.83. The van der Waals surface area contributed by atoms with Gasteiger partial charge in [0.25, 0.3) is 0 Å². The molecule has 6 heteroatoms. The maximum Gasteiger partial charge on any atom is 0.410 e. The van der Waals surface area contributed by atoms with Crippen molar-refractivity contribution in [1.29, 1.82) is 0 Å². The molecule has 6 nitrogen and oxygen atoms in total. The Morgan fingerprint density at radius 2 is 1.71 bits per heavy atom. The van der Waals surface area contributed by atoms with Gasteiger partial charge in [-0.15, -0.1) is 0 Å². The Morgan fingerprint density at radius 1 is 1.04 bits per heavy atom. The molecule has 1 aliphatic rings. The van der Waals surface area contributed by atoms with Crippen molar-refractivity contribution in [2.75, 3.05) is 39.3 Å². The lowest BCUT2D eigenvalue weighted by atomic mass is 10.2. The third-order valence-electron chi connectivity index (χ3n) is 4.83. The number of carbonyl (C=O) groups excluding carboxylic acids is 1. The van der Waals surface area contributed by atoms with Gasteiger partial charge < -0.3 is 19.5 Å². The minimum absolute atomic E-state index is 0.254. The van der Waals surface area contributed by atoms with E-state index in [0.717, 1.165) is 16.9 Å². The number of ether oxygens (including phenoxy) is 2. The quantitative estimate of drug-likeness (QED) is 0.795. The first kappa shape index (κ1) is 20.2. The smallest absolute Gasteiger partial charge is 0.410 e. The number of para-hydroxylation sites is 1. The number of hydrogen-bond donors (Lipinski definition) is 1. The lowest BCUT2D eigenvalue weighted by molar-refractivity contribution is 0.0383. The molecule has 1 atom stereocenters. The van der Waals surface area contributed by atoms with Gasteiger partial charge in [0.2, 0.25) is 0 Å². The average Bonchev–Trinajstić information content (AvgIpc) is 2.73. The summed E-state index contributed by atoms with van der Waals surface area (Å²) >= 11 is 0. The van der Waals surface area contributed by atoms with Crippen LogP contribution in [0.15, 0.2) is 54.6 Å². The largest absolute Gasteiger partial charge is 0.491 e. The van der Waals surface area contributed by atoms with Gasteiger partial charge in [0.1, 0.15) is 25.1 Å². The number of hydrogen-bond acceptors (Lipinski definition) is 5. The number of aryl methyl sites for hydroxylation is 1. The van der Waals surface area contributed by atoms with E-state index in [9.17, 15) is 9.90 Å². The second-order valence-corrected chi connectivity index (χ2v) is 7.06. The van der Waals surface area contributed by atoms with Crippen molar-refractivity contribution in [3.63, 3.8) is 0 Å². The van der Waals surface area contributed by atoms with Gasteiger partial charge in [-0.25, -0.2) is 4.79 Å². The normalized spacial score (nSPS) is 15.9. The molecule has 28 heavy (non-hydrogen) atoms. The molecule has 1 saturated heterocycles. The second kappa shape index (κ2) is 10.1. The summed E-state index contributed by atoms with van der Waals surface area (Å²) in [7, 11) is 0. The summed E-state index contributed by atoms with van der Waals surface area (Å²) in [6, 6.07) is 17.4. The molecule has 150 valence electrons. The Morgan fingerprint density at radius 3 is 2.43 bits per heavy atom. The molecular formula is C22H28N2O4. The number of amides is 1. The molecule has 1 N–H and O–H groups in total. The number of nitrogens with zero attached hydrogens (tertiary/aromatic N) is 2. The van der Waals surface area contributed by atoms with Crippen LogP contribution in [0.5, 0.6) is 5.75 Å². The van der Waals surface area contributed by atoms with Crippen LogP contribution in [-0.4, -0.2) is 66.4 Å². The van der Waals surface area contributed by atoms with Crippen molar-refractivity contribution in [3.8, 4) is 5.75 Å². The van der Waals surface area contributed by atoms with Crippen LogP contribution in [0.2, 0.25) is 0 Å². The highest BCUT2D eigenvalue weighted by Gasteiger charge is 2.23. The fraction of sp³-hybridized carbons (Fsp3) is 0.409. The summed E-state index contributed by atoms with van der Waals surface area (Å²) in [5.41, 5.74) is 2.03. The number of benzene rings is 2. The van der Waals surface area contributed by atoms with E-state index >= 15 is 0 Å². The van der Waals surface area contributed by atoms with E-state index < -0.39 is 6.10 Å². The zero-order valence-corrected chi connectivity index (χ0v) is 16.3. The highest BCUT2D eigenvalue weighted by Crippen LogP contribution is 2.16. The summed E-state index contributed by atoms with van der Waals surface area (Å²) in [6.07, 6.45) is -0.858. The topological polar surface area (TPSA) is 62.2 Å². The summed E-state index contributed by atoms with van der Waals surface area (Å²) in [5, 5.41) is 10.3. The van der Waals surface area contributed by atoms with Crippen molar-refractivity contribution < 1.29 is 19.4 Å². The van der Waals surface area contributed by atoms with Crippen molar-refractivity contribution in [2.45, 2.75) is 19.6 Å². The molecule has 0 radical (unpaired) electrons. The Labute approximate surface area is 166 Å². The molecule has 0 aliphatic carbocycles. The van der Waals surface area contributed by atoms with E-state index in [1.54, 1.807) is 4.90 Å². The molecule has 2 aromatic rings. The van der Waals surface area contributed by atoms with E-state index in [1.807, 2.05) is 61.5 Å². The van der Waals surface area contributed by atoms with Gasteiger partial charge in [0.05, 0.1) is 0 Å². The average molecular weight is 384 g/mol. The number of aliphatic hydroxyl groups is 1. The Kier molecular flexibility index (Phi) is 7.28. The van der Waals surface area contributed by atoms with Crippen LogP contribution < -0.4 is 4.74 Å². The molecule has 1 heterocycles. The van der Waals surface area contributed by atoms with Crippen LogP contribution >= 0.6 is 0 Å². The van der Waals surface area contributed by atoms with Crippen LogP contribution in [0.3, 0.4) is 0 Å². The van der Waals surface area contributed by atoms with Crippen LogP contribution in [-0.2, 0) is 11.3 Å². The molecule has 1 amide bonds. The maximum atomic E-state index is 12.2.